The highest BCUT2D eigenvalue weighted by atomic mass is 16.3. The van der Waals surface area contributed by atoms with Crippen molar-refractivity contribution in [2.24, 2.45) is 5.92 Å². The molecule has 3 nitrogen and oxygen atoms in total. The molecule has 0 radical (unpaired) electrons. The van der Waals surface area contributed by atoms with Crippen LogP contribution in [0.4, 0.5) is 0 Å². The molecule has 0 aromatic heterocycles. The van der Waals surface area contributed by atoms with Crippen LogP contribution in [-0.4, -0.2) is 47.3 Å². The largest absolute Gasteiger partial charge is 0.394 e. The van der Waals surface area contributed by atoms with Crippen LogP contribution in [0.25, 0.3) is 0 Å². The van der Waals surface area contributed by atoms with E-state index in [1.165, 1.54) is 25.8 Å². The lowest BCUT2D eigenvalue weighted by Crippen LogP contribution is -2.49. The third-order valence-corrected chi connectivity index (χ3v) is 4.50. The summed E-state index contributed by atoms with van der Waals surface area (Å²) >= 11 is 0. The first-order valence-electron chi connectivity index (χ1n) is 7.71. The zero-order valence-electron chi connectivity index (χ0n) is 12.3. The molecule has 2 atom stereocenters. The molecule has 0 bridgehead atoms. The van der Waals surface area contributed by atoms with E-state index in [2.05, 4.69) is 31.0 Å². The van der Waals surface area contributed by atoms with Gasteiger partial charge in [-0.3, -0.25) is 0 Å². The summed E-state index contributed by atoms with van der Waals surface area (Å²) < 4.78 is 0. The average Bonchev–Trinajstić information content (AvgIpc) is 3.04. The summed E-state index contributed by atoms with van der Waals surface area (Å²) in [5, 5.41) is 13.5. The van der Waals surface area contributed by atoms with Crippen molar-refractivity contribution < 1.29 is 5.11 Å². The number of aliphatic hydroxyl groups excluding tert-OH is 1. The first-order valence-corrected chi connectivity index (χ1v) is 7.71. The summed E-state index contributed by atoms with van der Waals surface area (Å²) in [5.41, 5.74) is 0.0240. The maximum absolute atomic E-state index is 9.77. The number of rotatable bonds is 7. The molecule has 0 heterocycles. The minimum Gasteiger partial charge on any atom is -0.394 e. The van der Waals surface area contributed by atoms with Gasteiger partial charge in [0, 0.05) is 24.2 Å². The van der Waals surface area contributed by atoms with Crippen molar-refractivity contribution in [3.63, 3.8) is 0 Å². The molecule has 2 aliphatic rings. The summed E-state index contributed by atoms with van der Waals surface area (Å²) in [6.45, 7) is 9.47. The quantitative estimate of drug-likeness (QED) is 0.729. The third-order valence-electron chi connectivity index (χ3n) is 4.50. The van der Waals surface area contributed by atoms with Gasteiger partial charge in [-0.1, -0.05) is 20.8 Å². The Morgan fingerprint density at radius 1 is 1.33 bits per heavy atom. The fourth-order valence-electron chi connectivity index (χ4n) is 3.40. The van der Waals surface area contributed by atoms with E-state index in [0.29, 0.717) is 18.7 Å². The molecule has 2 unspecified atom stereocenters. The van der Waals surface area contributed by atoms with Crippen LogP contribution in [-0.2, 0) is 0 Å². The van der Waals surface area contributed by atoms with Crippen LogP contribution in [0.1, 0.15) is 52.9 Å². The molecule has 0 amide bonds. The second kappa shape index (κ2) is 5.89. The Morgan fingerprint density at radius 3 is 2.56 bits per heavy atom. The molecule has 0 aromatic rings. The zero-order valence-corrected chi connectivity index (χ0v) is 12.3. The average molecular weight is 254 g/mol. The van der Waals surface area contributed by atoms with Crippen LogP contribution in [0.5, 0.6) is 0 Å². The van der Waals surface area contributed by atoms with E-state index >= 15 is 0 Å². The molecule has 18 heavy (non-hydrogen) atoms. The lowest BCUT2D eigenvalue weighted by atomic mass is 9.98. The van der Waals surface area contributed by atoms with Gasteiger partial charge in [-0.2, -0.15) is 0 Å². The number of hydrogen-bond donors (Lipinski definition) is 2. The van der Waals surface area contributed by atoms with E-state index in [9.17, 15) is 5.11 Å². The molecule has 2 N–H and O–H groups in total. The van der Waals surface area contributed by atoms with E-state index in [1.54, 1.807) is 0 Å². The lowest BCUT2D eigenvalue weighted by Gasteiger charge is -2.33. The van der Waals surface area contributed by atoms with Gasteiger partial charge in [0.1, 0.15) is 0 Å². The SMILES string of the molecule is CCN(CC(C)C)C1CCC(CO)(NC2CC2)C1. The zero-order chi connectivity index (χ0) is 13.2. The first kappa shape index (κ1) is 14.3. The van der Waals surface area contributed by atoms with Gasteiger partial charge < -0.3 is 15.3 Å². The molecule has 0 aliphatic heterocycles. The van der Waals surface area contributed by atoms with Crippen LogP contribution >= 0.6 is 0 Å². The fourth-order valence-corrected chi connectivity index (χ4v) is 3.40. The molecule has 0 spiro atoms. The Hall–Kier alpha value is -0.120. The van der Waals surface area contributed by atoms with Crippen molar-refractivity contribution in [1.29, 1.82) is 0 Å². The summed E-state index contributed by atoms with van der Waals surface area (Å²) in [4.78, 5) is 2.61. The predicted molar refractivity (Wildman–Crippen MR) is 75.7 cm³/mol. The Kier molecular flexibility index (Phi) is 4.68. The first-order chi connectivity index (χ1) is 8.58. The molecule has 2 rings (SSSR count). The van der Waals surface area contributed by atoms with Gasteiger partial charge in [-0.15, -0.1) is 0 Å². The molecular formula is C15H30N2O. The van der Waals surface area contributed by atoms with Crippen molar-refractivity contribution in [2.75, 3.05) is 19.7 Å². The standard InChI is InChI=1S/C15H30N2O/c1-4-17(10-12(2)3)14-7-8-15(9-14,11-18)16-13-5-6-13/h12-14,16,18H,4-11H2,1-3H3. The monoisotopic (exact) mass is 254 g/mol. The van der Waals surface area contributed by atoms with E-state index in [-0.39, 0.29) is 5.54 Å². The molecule has 2 fully saturated rings. The van der Waals surface area contributed by atoms with Gasteiger partial charge in [-0.05, 0) is 44.6 Å². The second-order valence-electron chi connectivity index (χ2n) is 6.74. The topological polar surface area (TPSA) is 35.5 Å². The Balaban J connectivity index is 1.91. The maximum Gasteiger partial charge on any atom is 0.0614 e. The smallest absolute Gasteiger partial charge is 0.0614 e. The minimum atomic E-state index is 0.0240. The number of nitrogens with zero attached hydrogens (tertiary/aromatic N) is 1. The Labute approximate surface area is 112 Å². The van der Waals surface area contributed by atoms with Crippen molar-refractivity contribution in [1.82, 2.24) is 10.2 Å². The van der Waals surface area contributed by atoms with Gasteiger partial charge in [0.25, 0.3) is 0 Å². The predicted octanol–water partition coefficient (Wildman–Crippen LogP) is 2.00. The van der Waals surface area contributed by atoms with Crippen molar-refractivity contribution in [3.8, 4) is 0 Å². The van der Waals surface area contributed by atoms with Gasteiger partial charge in [0.05, 0.1) is 6.61 Å². The van der Waals surface area contributed by atoms with E-state index < -0.39 is 0 Å². The maximum atomic E-state index is 9.77. The van der Waals surface area contributed by atoms with Crippen LogP contribution in [0.3, 0.4) is 0 Å². The van der Waals surface area contributed by atoms with Gasteiger partial charge in [0.2, 0.25) is 0 Å². The molecular weight excluding hydrogens is 224 g/mol. The van der Waals surface area contributed by atoms with Crippen molar-refractivity contribution >= 4 is 0 Å². The summed E-state index contributed by atoms with van der Waals surface area (Å²) in [7, 11) is 0. The highest BCUT2D eigenvalue weighted by molar-refractivity contribution is 5.03. The van der Waals surface area contributed by atoms with Crippen molar-refractivity contribution in [3.05, 3.63) is 0 Å². The highest BCUT2D eigenvalue weighted by Gasteiger charge is 2.43. The normalized spacial score (nSPS) is 32.7. The number of nitrogens with one attached hydrogen (secondary N) is 1. The molecule has 2 aliphatic carbocycles. The number of aliphatic hydroxyl groups is 1. The van der Waals surface area contributed by atoms with Crippen molar-refractivity contribution in [2.45, 2.75) is 70.5 Å². The Bertz CT molecular complexity index is 265. The molecule has 3 heteroatoms. The van der Waals surface area contributed by atoms with Crippen LogP contribution < -0.4 is 5.32 Å². The second-order valence-corrected chi connectivity index (χ2v) is 6.74. The minimum absolute atomic E-state index is 0.0240. The third kappa shape index (κ3) is 3.46. The molecule has 0 saturated heterocycles. The van der Waals surface area contributed by atoms with Gasteiger partial charge >= 0.3 is 0 Å². The summed E-state index contributed by atoms with van der Waals surface area (Å²) in [6, 6.07) is 1.35. The van der Waals surface area contributed by atoms with Crippen LogP contribution in [0.15, 0.2) is 0 Å². The van der Waals surface area contributed by atoms with E-state index in [0.717, 1.165) is 25.3 Å². The summed E-state index contributed by atoms with van der Waals surface area (Å²) in [6.07, 6.45) is 6.10. The number of hydrogen-bond acceptors (Lipinski definition) is 3. The lowest BCUT2D eigenvalue weighted by molar-refractivity contribution is 0.137. The molecule has 106 valence electrons. The van der Waals surface area contributed by atoms with Gasteiger partial charge in [0.15, 0.2) is 0 Å². The molecule has 2 saturated carbocycles. The summed E-state index contributed by atoms with van der Waals surface area (Å²) in [5.74, 6) is 0.727. The van der Waals surface area contributed by atoms with E-state index in [1.807, 2.05) is 0 Å². The highest BCUT2D eigenvalue weighted by Crippen LogP contribution is 2.36. The van der Waals surface area contributed by atoms with Crippen LogP contribution in [0.2, 0.25) is 0 Å². The van der Waals surface area contributed by atoms with E-state index in [4.69, 9.17) is 0 Å². The Morgan fingerprint density at radius 2 is 2.06 bits per heavy atom. The fraction of sp³-hybridized carbons (Fsp3) is 1.00. The van der Waals surface area contributed by atoms with Gasteiger partial charge in [-0.25, -0.2) is 0 Å². The molecule has 0 aromatic carbocycles. The van der Waals surface area contributed by atoms with Crippen LogP contribution in [0, 0.1) is 5.92 Å².